The number of carboxylic acids is 1. The summed E-state index contributed by atoms with van der Waals surface area (Å²) in [6.45, 7) is 1.48. The second-order valence-corrected chi connectivity index (χ2v) is 4.43. The van der Waals surface area contributed by atoms with Gasteiger partial charge in [0, 0.05) is 31.0 Å². The van der Waals surface area contributed by atoms with Crippen molar-refractivity contribution in [2.45, 2.75) is 31.2 Å². The molecule has 0 radical (unpaired) electrons. The Morgan fingerprint density at radius 3 is 2.94 bits per heavy atom. The summed E-state index contributed by atoms with van der Waals surface area (Å²) < 4.78 is 5.31. The van der Waals surface area contributed by atoms with Crippen LogP contribution in [0.1, 0.15) is 42.7 Å². The molecule has 0 aliphatic carbocycles. The molecule has 1 aliphatic rings. The van der Waals surface area contributed by atoms with E-state index in [1.54, 1.807) is 6.20 Å². The Kier molecular flexibility index (Phi) is 4.22. The Labute approximate surface area is 105 Å². The zero-order valence-corrected chi connectivity index (χ0v) is 10.1. The number of ether oxygens (including phenoxy) is 1. The van der Waals surface area contributed by atoms with Crippen molar-refractivity contribution in [1.82, 2.24) is 9.97 Å². The molecule has 0 amide bonds. The second kappa shape index (κ2) is 5.88. The fourth-order valence-electron chi connectivity index (χ4n) is 2.07. The number of aromatic nitrogens is 2. The van der Waals surface area contributed by atoms with Crippen LogP contribution in [0.4, 0.5) is 0 Å². The maximum absolute atomic E-state index is 10.6. The first-order valence-corrected chi connectivity index (χ1v) is 6.05. The lowest BCUT2D eigenvalue weighted by molar-refractivity contribution is -0.137. The lowest BCUT2D eigenvalue weighted by Gasteiger charge is -2.22. The fourth-order valence-corrected chi connectivity index (χ4v) is 2.07. The van der Waals surface area contributed by atoms with Crippen LogP contribution in [0.2, 0.25) is 0 Å². The van der Waals surface area contributed by atoms with Crippen molar-refractivity contribution in [3.8, 4) is 0 Å². The topological polar surface area (TPSA) is 98.3 Å². The number of nitrogens with two attached hydrogens (primary N) is 1. The summed E-state index contributed by atoms with van der Waals surface area (Å²) in [7, 11) is 0. The molecule has 1 atom stereocenters. The van der Waals surface area contributed by atoms with Gasteiger partial charge in [0.15, 0.2) is 0 Å². The fraction of sp³-hybridized carbons (Fsp3) is 0.583. The summed E-state index contributed by atoms with van der Waals surface area (Å²) in [6, 6.07) is 1.22. The zero-order valence-electron chi connectivity index (χ0n) is 10.1. The first-order chi connectivity index (χ1) is 8.66. The number of carboxylic acid groups (broad SMARTS) is 1. The molecule has 2 heterocycles. The number of carbonyl (C=O) groups is 1. The average Bonchev–Trinajstić information content (AvgIpc) is 2.39. The Balaban J connectivity index is 2.11. The Morgan fingerprint density at radius 1 is 1.56 bits per heavy atom. The summed E-state index contributed by atoms with van der Waals surface area (Å²) in [5, 5.41) is 8.71. The van der Waals surface area contributed by atoms with Crippen LogP contribution < -0.4 is 5.73 Å². The second-order valence-electron chi connectivity index (χ2n) is 4.43. The number of hydrogen-bond acceptors (Lipinski definition) is 5. The third-order valence-corrected chi connectivity index (χ3v) is 3.06. The highest BCUT2D eigenvalue weighted by atomic mass is 16.5. The number of nitrogens with zero attached hydrogens (tertiary/aromatic N) is 2. The van der Waals surface area contributed by atoms with Crippen LogP contribution in [-0.2, 0) is 9.53 Å². The maximum atomic E-state index is 10.6. The minimum absolute atomic E-state index is 0.156. The standard InChI is InChI=1S/C12H17N3O3/c13-9(7-11(16)17)12-14-4-1-10(15-12)8-2-5-18-6-3-8/h1,4,8-9H,2-3,5-7,13H2,(H,16,17). The van der Waals surface area contributed by atoms with Crippen LogP contribution in [0.3, 0.4) is 0 Å². The highest BCUT2D eigenvalue weighted by molar-refractivity contribution is 5.67. The van der Waals surface area contributed by atoms with Crippen LogP contribution in [-0.4, -0.2) is 34.3 Å². The minimum Gasteiger partial charge on any atom is -0.481 e. The van der Waals surface area contributed by atoms with E-state index in [1.807, 2.05) is 6.07 Å². The number of hydrogen-bond donors (Lipinski definition) is 2. The van der Waals surface area contributed by atoms with Crippen molar-refractivity contribution in [2.24, 2.45) is 5.73 Å². The average molecular weight is 251 g/mol. The third kappa shape index (κ3) is 3.24. The van der Waals surface area contributed by atoms with Gasteiger partial charge in [-0.15, -0.1) is 0 Å². The normalized spacial score (nSPS) is 18.5. The van der Waals surface area contributed by atoms with Gasteiger partial charge in [0.1, 0.15) is 5.82 Å². The van der Waals surface area contributed by atoms with Crippen molar-refractivity contribution >= 4 is 5.97 Å². The molecule has 1 aromatic heterocycles. The van der Waals surface area contributed by atoms with Gasteiger partial charge in [-0.05, 0) is 18.9 Å². The predicted octanol–water partition coefficient (Wildman–Crippen LogP) is 0.845. The van der Waals surface area contributed by atoms with Gasteiger partial charge >= 0.3 is 5.97 Å². The number of aliphatic carboxylic acids is 1. The smallest absolute Gasteiger partial charge is 0.305 e. The molecular weight excluding hydrogens is 234 g/mol. The SMILES string of the molecule is NC(CC(=O)O)c1nccc(C2CCOCC2)n1. The van der Waals surface area contributed by atoms with Gasteiger partial charge in [-0.25, -0.2) is 9.97 Å². The molecule has 6 nitrogen and oxygen atoms in total. The van der Waals surface area contributed by atoms with Gasteiger partial charge in [0.2, 0.25) is 0 Å². The van der Waals surface area contributed by atoms with Crippen LogP contribution in [0.25, 0.3) is 0 Å². The van der Waals surface area contributed by atoms with E-state index in [0.29, 0.717) is 11.7 Å². The van der Waals surface area contributed by atoms with Crippen molar-refractivity contribution in [3.05, 3.63) is 23.8 Å². The van der Waals surface area contributed by atoms with E-state index in [9.17, 15) is 4.79 Å². The van der Waals surface area contributed by atoms with Crippen LogP contribution in [0.5, 0.6) is 0 Å². The van der Waals surface area contributed by atoms with Gasteiger partial charge in [-0.3, -0.25) is 4.79 Å². The highest BCUT2D eigenvalue weighted by Gasteiger charge is 2.19. The highest BCUT2D eigenvalue weighted by Crippen LogP contribution is 2.25. The van der Waals surface area contributed by atoms with E-state index in [4.69, 9.17) is 15.6 Å². The zero-order chi connectivity index (χ0) is 13.0. The summed E-state index contributed by atoms with van der Waals surface area (Å²) in [5.41, 5.74) is 6.70. The van der Waals surface area contributed by atoms with Crippen molar-refractivity contribution in [1.29, 1.82) is 0 Å². The molecular formula is C12H17N3O3. The van der Waals surface area contributed by atoms with E-state index < -0.39 is 12.0 Å². The molecule has 18 heavy (non-hydrogen) atoms. The quantitative estimate of drug-likeness (QED) is 0.823. The molecule has 1 aliphatic heterocycles. The molecule has 2 rings (SSSR count). The Morgan fingerprint density at radius 2 is 2.28 bits per heavy atom. The van der Waals surface area contributed by atoms with Crippen LogP contribution >= 0.6 is 0 Å². The summed E-state index contributed by atoms with van der Waals surface area (Å²) in [4.78, 5) is 19.1. The molecule has 1 aromatic rings. The first-order valence-electron chi connectivity index (χ1n) is 6.05. The van der Waals surface area contributed by atoms with E-state index in [1.165, 1.54) is 0 Å². The molecule has 1 fully saturated rings. The van der Waals surface area contributed by atoms with Crippen molar-refractivity contribution in [2.75, 3.05) is 13.2 Å². The molecule has 1 saturated heterocycles. The molecule has 0 aromatic carbocycles. The van der Waals surface area contributed by atoms with E-state index in [-0.39, 0.29) is 6.42 Å². The van der Waals surface area contributed by atoms with Gasteiger partial charge in [-0.1, -0.05) is 0 Å². The van der Waals surface area contributed by atoms with Crippen LogP contribution in [0.15, 0.2) is 12.3 Å². The third-order valence-electron chi connectivity index (χ3n) is 3.06. The summed E-state index contributed by atoms with van der Waals surface area (Å²) in [5.74, 6) is -0.179. The van der Waals surface area contributed by atoms with E-state index in [0.717, 1.165) is 31.7 Å². The van der Waals surface area contributed by atoms with Gasteiger partial charge in [0.25, 0.3) is 0 Å². The Bertz CT molecular complexity index is 419. The maximum Gasteiger partial charge on any atom is 0.305 e. The molecule has 3 N–H and O–H groups in total. The van der Waals surface area contributed by atoms with E-state index >= 15 is 0 Å². The first kappa shape index (κ1) is 12.9. The molecule has 1 unspecified atom stereocenters. The largest absolute Gasteiger partial charge is 0.481 e. The molecule has 0 saturated carbocycles. The van der Waals surface area contributed by atoms with Gasteiger partial charge in [0.05, 0.1) is 12.5 Å². The van der Waals surface area contributed by atoms with Crippen LogP contribution in [0, 0.1) is 0 Å². The minimum atomic E-state index is -0.942. The Hall–Kier alpha value is -1.53. The predicted molar refractivity (Wildman–Crippen MR) is 64.0 cm³/mol. The van der Waals surface area contributed by atoms with Gasteiger partial charge in [-0.2, -0.15) is 0 Å². The monoisotopic (exact) mass is 251 g/mol. The molecule has 0 bridgehead atoms. The molecule has 6 heteroatoms. The lowest BCUT2D eigenvalue weighted by atomic mass is 9.96. The number of rotatable bonds is 4. The molecule has 98 valence electrons. The summed E-state index contributed by atoms with van der Waals surface area (Å²) >= 11 is 0. The summed E-state index contributed by atoms with van der Waals surface area (Å²) in [6.07, 6.45) is 3.36. The van der Waals surface area contributed by atoms with E-state index in [2.05, 4.69) is 9.97 Å². The van der Waals surface area contributed by atoms with Crippen molar-refractivity contribution in [3.63, 3.8) is 0 Å². The van der Waals surface area contributed by atoms with Gasteiger partial charge < -0.3 is 15.6 Å². The molecule has 0 spiro atoms. The lowest BCUT2D eigenvalue weighted by Crippen LogP contribution is -2.20. The van der Waals surface area contributed by atoms with Crippen molar-refractivity contribution < 1.29 is 14.6 Å².